The molecule has 5 heteroatoms. The van der Waals surface area contributed by atoms with E-state index >= 15 is 0 Å². The SMILES string of the molecule is c1ccc(-c2ccc(-c3nc(-c4ccccc4)nc(-c4ccc(-c5cccc6c5nc(-c5cccc7ccccc57)c5c7ccccc7sc65)cc4)n3)cc2)cc1. The van der Waals surface area contributed by atoms with Crippen molar-refractivity contribution < 1.29 is 0 Å². The predicted molar refractivity (Wildman–Crippen MR) is 238 cm³/mol. The summed E-state index contributed by atoms with van der Waals surface area (Å²) in [6.07, 6.45) is 0. The van der Waals surface area contributed by atoms with Crippen LogP contribution >= 0.6 is 11.3 Å². The van der Waals surface area contributed by atoms with Crippen molar-refractivity contribution in [3.05, 3.63) is 194 Å². The van der Waals surface area contributed by atoms with Gasteiger partial charge in [0.05, 0.1) is 11.2 Å². The van der Waals surface area contributed by atoms with E-state index in [2.05, 4.69) is 158 Å². The minimum absolute atomic E-state index is 0.624. The molecule has 0 atom stereocenters. The highest BCUT2D eigenvalue weighted by Crippen LogP contribution is 2.45. The molecule has 0 aliphatic heterocycles. The third kappa shape index (κ3) is 5.84. The molecule has 0 spiro atoms. The Balaban J connectivity index is 1.04. The van der Waals surface area contributed by atoms with E-state index in [0.717, 1.165) is 55.5 Å². The van der Waals surface area contributed by atoms with E-state index in [-0.39, 0.29) is 0 Å². The molecular weight excluding hydrogens is 713 g/mol. The highest BCUT2D eigenvalue weighted by molar-refractivity contribution is 7.26. The molecule has 0 amide bonds. The minimum Gasteiger partial charge on any atom is -0.246 e. The molecule has 0 aliphatic rings. The van der Waals surface area contributed by atoms with Crippen molar-refractivity contribution in [1.82, 2.24) is 19.9 Å². The van der Waals surface area contributed by atoms with Crippen molar-refractivity contribution in [1.29, 1.82) is 0 Å². The lowest BCUT2D eigenvalue weighted by Crippen LogP contribution is -2.00. The molecule has 0 aliphatic carbocycles. The van der Waals surface area contributed by atoms with E-state index in [1.165, 1.54) is 36.5 Å². The second-order valence-electron chi connectivity index (χ2n) is 14.2. The van der Waals surface area contributed by atoms with Crippen LogP contribution in [-0.4, -0.2) is 19.9 Å². The largest absolute Gasteiger partial charge is 0.246 e. The van der Waals surface area contributed by atoms with Gasteiger partial charge in [0.2, 0.25) is 0 Å². The Morgan fingerprint density at radius 1 is 0.316 bits per heavy atom. The number of fused-ring (bicyclic) bond motifs is 6. The summed E-state index contributed by atoms with van der Waals surface area (Å²) >= 11 is 1.85. The van der Waals surface area contributed by atoms with E-state index in [1.54, 1.807) is 0 Å². The van der Waals surface area contributed by atoms with Crippen LogP contribution < -0.4 is 0 Å². The maximum atomic E-state index is 5.59. The normalized spacial score (nSPS) is 11.5. The van der Waals surface area contributed by atoms with Crippen LogP contribution in [0.5, 0.6) is 0 Å². The van der Waals surface area contributed by atoms with Gasteiger partial charge in [0, 0.05) is 53.4 Å². The first-order valence-electron chi connectivity index (χ1n) is 19.1. The Morgan fingerprint density at radius 3 is 1.49 bits per heavy atom. The van der Waals surface area contributed by atoms with Crippen molar-refractivity contribution in [2.45, 2.75) is 0 Å². The third-order valence-corrected chi connectivity index (χ3v) is 12.0. The average molecular weight is 745 g/mol. The maximum absolute atomic E-state index is 5.59. The van der Waals surface area contributed by atoms with Gasteiger partial charge in [-0.15, -0.1) is 11.3 Å². The number of hydrogen-bond acceptors (Lipinski definition) is 5. The van der Waals surface area contributed by atoms with Gasteiger partial charge in [0.15, 0.2) is 17.5 Å². The molecular formula is C52H32N4S. The fourth-order valence-electron chi connectivity index (χ4n) is 7.94. The van der Waals surface area contributed by atoms with Crippen LogP contribution in [0.4, 0.5) is 0 Å². The van der Waals surface area contributed by atoms with Crippen LogP contribution in [0.3, 0.4) is 0 Å². The number of thiophene rings is 1. The summed E-state index contributed by atoms with van der Waals surface area (Å²) in [4.78, 5) is 20.6. The van der Waals surface area contributed by atoms with Crippen molar-refractivity contribution in [3.63, 3.8) is 0 Å². The summed E-state index contributed by atoms with van der Waals surface area (Å²) < 4.78 is 2.52. The molecule has 3 heterocycles. The summed E-state index contributed by atoms with van der Waals surface area (Å²) in [5.41, 5.74) is 10.4. The molecule has 4 nitrogen and oxygen atoms in total. The zero-order valence-corrected chi connectivity index (χ0v) is 31.5. The first-order chi connectivity index (χ1) is 28.2. The van der Waals surface area contributed by atoms with Crippen molar-refractivity contribution in [2.75, 3.05) is 0 Å². The molecule has 0 bridgehead atoms. The fourth-order valence-corrected chi connectivity index (χ4v) is 9.17. The van der Waals surface area contributed by atoms with Crippen molar-refractivity contribution in [3.8, 4) is 67.7 Å². The van der Waals surface area contributed by atoms with Gasteiger partial charge in [-0.3, -0.25) is 0 Å². The zero-order valence-electron chi connectivity index (χ0n) is 30.7. The third-order valence-electron chi connectivity index (χ3n) is 10.8. The van der Waals surface area contributed by atoms with E-state index < -0.39 is 0 Å². The molecule has 57 heavy (non-hydrogen) atoms. The summed E-state index contributed by atoms with van der Waals surface area (Å²) in [6.45, 7) is 0. The van der Waals surface area contributed by atoms with Gasteiger partial charge < -0.3 is 0 Å². The van der Waals surface area contributed by atoms with Gasteiger partial charge in [0.25, 0.3) is 0 Å². The number of benzene rings is 8. The van der Waals surface area contributed by atoms with Gasteiger partial charge in [-0.05, 0) is 33.5 Å². The molecule has 8 aromatic carbocycles. The minimum atomic E-state index is 0.624. The Kier molecular flexibility index (Phi) is 7.97. The molecule has 0 saturated heterocycles. The van der Waals surface area contributed by atoms with Crippen LogP contribution in [0.15, 0.2) is 194 Å². The topological polar surface area (TPSA) is 51.6 Å². The lowest BCUT2D eigenvalue weighted by molar-refractivity contribution is 1.07. The zero-order chi connectivity index (χ0) is 37.7. The molecule has 11 rings (SSSR count). The molecule has 3 aromatic heterocycles. The number of pyridine rings is 1. The number of rotatable bonds is 6. The smallest absolute Gasteiger partial charge is 0.164 e. The number of hydrogen-bond donors (Lipinski definition) is 0. The first-order valence-corrected chi connectivity index (χ1v) is 19.9. The molecule has 266 valence electrons. The number of nitrogens with zero attached hydrogens (tertiary/aromatic N) is 4. The van der Waals surface area contributed by atoms with Crippen LogP contribution in [0.1, 0.15) is 0 Å². The molecule has 0 fully saturated rings. The van der Waals surface area contributed by atoms with Gasteiger partial charge in [-0.2, -0.15) is 0 Å². The Morgan fingerprint density at radius 2 is 0.789 bits per heavy atom. The second-order valence-corrected chi connectivity index (χ2v) is 15.2. The Bertz CT molecular complexity index is 3260. The van der Waals surface area contributed by atoms with Crippen molar-refractivity contribution in [2.24, 2.45) is 0 Å². The van der Waals surface area contributed by atoms with Gasteiger partial charge in [0.1, 0.15) is 0 Å². The maximum Gasteiger partial charge on any atom is 0.164 e. The van der Waals surface area contributed by atoms with Gasteiger partial charge in [-0.25, -0.2) is 19.9 Å². The monoisotopic (exact) mass is 744 g/mol. The number of aromatic nitrogens is 4. The standard InChI is InChI=1S/C52H32N4S/c1-3-13-33(14-4-1)34-25-29-38(30-26-34)51-54-50(37-16-5-2-6-17-37)55-52(56-51)39-31-27-36(28-32-39)41-21-12-23-44-47(41)53-48(42-22-11-18-35-15-7-8-19-40(35)42)46-43-20-9-10-24-45(43)57-49(44)46/h1-32H. The lowest BCUT2D eigenvalue weighted by atomic mass is 9.95. The second kappa shape index (κ2) is 13.7. The summed E-state index contributed by atoms with van der Waals surface area (Å²) in [6, 6.07) is 67.9. The Labute approximate surface area is 333 Å². The molecule has 0 unspecified atom stereocenters. The van der Waals surface area contributed by atoms with Gasteiger partial charge >= 0.3 is 0 Å². The van der Waals surface area contributed by atoms with Crippen LogP contribution in [0.25, 0.3) is 110 Å². The quantitative estimate of drug-likeness (QED) is 0.170. The van der Waals surface area contributed by atoms with E-state index in [0.29, 0.717) is 17.5 Å². The molecule has 0 radical (unpaired) electrons. The summed E-state index contributed by atoms with van der Waals surface area (Å²) in [5.74, 6) is 1.89. The Hall–Kier alpha value is -7.34. The van der Waals surface area contributed by atoms with Crippen LogP contribution in [-0.2, 0) is 0 Å². The highest BCUT2D eigenvalue weighted by Gasteiger charge is 2.20. The molecule has 0 saturated carbocycles. The predicted octanol–water partition coefficient (Wildman–Crippen LogP) is 13.9. The van der Waals surface area contributed by atoms with E-state index in [1.807, 2.05) is 47.7 Å². The average Bonchev–Trinajstić information content (AvgIpc) is 3.69. The molecule has 0 N–H and O–H groups in total. The van der Waals surface area contributed by atoms with Crippen LogP contribution in [0.2, 0.25) is 0 Å². The lowest BCUT2D eigenvalue weighted by Gasteiger charge is -2.13. The van der Waals surface area contributed by atoms with E-state index in [9.17, 15) is 0 Å². The van der Waals surface area contributed by atoms with Gasteiger partial charge in [-0.1, -0.05) is 188 Å². The summed E-state index contributed by atoms with van der Waals surface area (Å²) in [7, 11) is 0. The van der Waals surface area contributed by atoms with E-state index in [4.69, 9.17) is 19.9 Å². The van der Waals surface area contributed by atoms with Crippen molar-refractivity contribution >= 4 is 53.2 Å². The highest BCUT2D eigenvalue weighted by atomic mass is 32.1. The first kappa shape index (κ1) is 33.0. The number of para-hydroxylation sites is 1. The van der Waals surface area contributed by atoms with Crippen LogP contribution in [0, 0.1) is 0 Å². The fraction of sp³-hybridized carbons (Fsp3) is 0. The summed E-state index contributed by atoms with van der Waals surface area (Å²) in [5, 5.41) is 6.01. The molecule has 11 aromatic rings.